The highest BCUT2D eigenvalue weighted by molar-refractivity contribution is 9.10. The molecule has 3 heteroatoms. The minimum Gasteiger partial charge on any atom is -0.321 e. The summed E-state index contributed by atoms with van der Waals surface area (Å²) < 4.78 is 0.983. The number of halogens is 2. The van der Waals surface area contributed by atoms with Crippen LogP contribution in [0.15, 0.2) is 22.7 Å². The zero-order valence-electron chi connectivity index (χ0n) is 9.35. The smallest absolute Gasteiger partial charge is 0.0467 e. The van der Waals surface area contributed by atoms with Crippen molar-refractivity contribution in [1.82, 2.24) is 0 Å². The van der Waals surface area contributed by atoms with Crippen LogP contribution in [0.25, 0.3) is 0 Å². The molecule has 15 heavy (non-hydrogen) atoms. The van der Waals surface area contributed by atoms with Gasteiger partial charge >= 0.3 is 0 Å². The molecule has 0 aliphatic rings. The molecule has 0 spiro atoms. The maximum absolute atomic E-state index is 6.34. The summed E-state index contributed by atoms with van der Waals surface area (Å²) in [5, 5.41) is 0.731. The summed E-state index contributed by atoms with van der Waals surface area (Å²) in [6, 6.07) is 5.87. The van der Waals surface area contributed by atoms with Gasteiger partial charge in [-0.05, 0) is 30.5 Å². The van der Waals surface area contributed by atoms with Crippen molar-refractivity contribution in [2.75, 3.05) is 0 Å². The fourth-order valence-electron chi connectivity index (χ4n) is 1.62. The van der Waals surface area contributed by atoms with Crippen molar-refractivity contribution in [3.8, 4) is 0 Å². The molecule has 2 unspecified atom stereocenters. The Morgan fingerprint density at radius 3 is 2.60 bits per heavy atom. The van der Waals surface area contributed by atoms with E-state index in [1.807, 2.05) is 25.1 Å². The SMILES string of the molecule is CCC(C)C(C)(N)c1ccc(Br)cc1Cl. The second kappa shape index (κ2) is 4.86. The molecular formula is C12H17BrClN. The summed E-state index contributed by atoms with van der Waals surface area (Å²) in [6.45, 7) is 6.33. The molecule has 0 saturated carbocycles. The van der Waals surface area contributed by atoms with Crippen LogP contribution in [0.5, 0.6) is 0 Å². The summed E-state index contributed by atoms with van der Waals surface area (Å²) in [5.74, 6) is 0.399. The second-order valence-corrected chi connectivity index (χ2v) is 5.54. The molecule has 0 heterocycles. The molecule has 0 radical (unpaired) electrons. The van der Waals surface area contributed by atoms with Crippen LogP contribution in [-0.4, -0.2) is 0 Å². The lowest BCUT2D eigenvalue weighted by atomic mass is 9.80. The highest BCUT2D eigenvalue weighted by atomic mass is 79.9. The van der Waals surface area contributed by atoms with Gasteiger partial charge in [0.1, 0.15) is 0 Å². The lowest BCUT2D eigenvalue weighted by molar-refractivity contribution is 0.316. The fourth-order valence-corrected chi connectivity index (χ4v) is 2.49. The maximum atomic E-state index is 6.34. The normalized spacial score (nSPS) is 17.2. The zero-order chi connectivity index (χ0) is 11.6. The first kappa shape index (κ1) is 13.0. The van der Waals surface area contributed by atoms with Crippen LogP contribution < -0.4 is 5.73 Å². The lowest BCUT2D eigenvalue weighted by Gasteiger charge is -2.32. The fraction of sp³-hybridized carbons (Fsp3) is 0.500. The van der Waals surface area contributed by atoms with Gasteiger partial charge in [-0.1, -0.05) is 53.9 Å². The molecule has 1 rings (SSSR count). The highest BCUT2D eigenvalue weighted by Gasteiger charge is 2.29. The zero-order valence-corrected chi connectivity index (χ0v) is 11.7. The van der Waals surface area contributed by atoms with Crippen molar-refractivity contribution >= 4 is 27.5 Å². The molecule has 0 fully saturated rings. The summed E-state index contributed by atoms with van der Waals surface area (Å²) >= 11 is 9.60. The molecule has 1 aromatic carbocycles. The van der Waals surface area contributed by atoms with Crippen LogP contribution in [0.1, 0.15) is 32.8 Å². The third kappa shape index (κ3) is 2.74. The van der Waals surface area contributed by atoms with Gasteiger partial charge in [0.2, 0.25) is 0 Å². The van der Waals surface area contributed by atoms with Gasteiger partial charge in [0.05, 0.1) is 0 Å². The number of rotatable bonds is 3. The molecule has 0 aromatic heterocycles. The van der Waals surface area contributed by atoms with E-state index in [-0.39, 0.29) is 5.54 Å². The van der Waals surface area contributed by atoms with E-state index in [2.05, 4.69) is 29.8 Å². The number of hydrogen-bond donors (Lipinski definition) is 1. The van der Waals surface area contributed by atoms with Crippen LogP contribution in [0, 0.1) is 5.92 Å². The van der Waals surface area contributed by atoms with Crippen molar-refractivity contribution < 1.29 is 0 Å². The Morgan fingerprint density at radius 2 is 2.13 bits per heavy atom. The van der Waals surface area contributed by atoms with Gasteiger partial charge in [0.15, 0.2) is 0 Å². The predicted octanol–water partition coefficient (Wildman–Crippen LogP) is 4.32. The third-order valence-corrected chi connectivity index (χ3v) is 3.95. The van der Waals surface area contributed by atoms with Crippen LogP contribution >= 0.6 is 27.5 Å². The van der Waals surface area contributed by atoms with Gasteiger partial charge in [-0.15, -0.1) is 0 Å². The maximum Gasteiger partial charge on any atom is 0.0467 e. The second-order valence-electron chi connectivity index (χ2n) is 4.22. The molecular weight excluding hydrogens is 273 g/mol. The van der Waals surface area contributed by atoms with Crippen molar-refractivity contribution in [2.24, 2.45) is 11.7 Å². The Kier molecular flexibility index (Phi) is 4.21. The minimum atomic E-state index is -0.369. The first-order chi connectivity index (χ1) is 6.89. The number of nitrogens with two attached hydrogens (primary N) is 1. The Morgan fingerprint density at radius 1 is 1.53 bits per heavy atom. The van der Waals surface area contributed by atoms with Gasteiger partial charge < -0.3 is 5.73 Å². The average Bonchev–Trinajstić information content (AvgIpc) is 2.15. The van der Waals surface area contributed by atoms with Crippen molar-refractivity contribution in [1.29, 1.82) is 0 Å². The van der Waals surface area contributed by atoms with Gasteiger partial charge in [-0.2, -0.15) is 0 Å². The van der Waals surface area contributed by atoms with Gasteiger partial charge in [0, 0.05) is 15.0 Å². The summed E-state index contributed by atoms with van der Waals surface area (Å²) in [4.78, 5) is 0. The molecule has 1 nitrogen and oxygen atoms in total. The van der Waals surface area contributed by atoms with Gasteiger partial charge in [0.25, 0.3) is 0 Å². The van der Waals surface area contributed by atoms with Crippen LogP contribution in [0.2, 0.25) is 5.02 Å². The molecule has 2 N–H and O–H groups in total. The van der Waals surface area contributed by atoms with E-state index in [1.54, 1.807) is 0 Å². The summed E-state index contributed by atoms with van der Waals surface area (Å²) in [6.07, 6.45) is 1.04. The Balaban J connectivity index is 3.15. The Bertz CT molecular complexity index is 349. The first-order valence-electron chi connectivity index (χ1n) is 5.14. The van der Waals surface area contributed by atoms with Crippen LogP contribution in [0.4, 0.5) is 0 Å². The molecule has 2 atom stereocenters. The molecule has 0 saturated heterocycles. The van der Waals surface area contributed by atoms with E-state index in [4.69, 9.17) is 17.3 Å². The molecule has 0 bridgehead atoms. The topological polar surface area (TPSA) is 26.0 Å². The Hall–Kier alpha value is -0.0500. The van der Waals surface area contributed by atoms with Gasteiger partial charge in [-0.3, -0.25) is 0 Å². The monoisotopic (exact) mass is 289 g/mol. The van der Waals surface area contributed by atoms with E-state index in [9.17, 15) is 0 Å². The van der Waals surface area contributed by atoms with E-state index in [0.29, 0.717) is 5.92 Å². The van der Waals surface area contributed by atoms with E-state index in [0.717, 1.165) is 21.5 Å². The van der Waals surface area contributed by atoms with Gasteiger partial charge in [-0.25, -0.2) is 0 Å². The summed E-state index contributed by atoms with van der Waals surface area (Å²) in [7, 11) is 0. The van der Waals surface area contributed by atoms with Crippen molar-refractivity contribution in [2.45, 2.75) is 32.7 Å². The summed E-state index contributed by atoms with van der Waals surface area (Å²) in [5.41, 5.74) is 6.99. The molecule has 1 aromatic rings. The van der Waals surface area contributed by atoms with Crippen LogP contribution in [-0.2, 0) is 5.54 Å². The van der Waals surface area contributed by atoms with E-state index < -0.39 is 0 Å². The molecule has 0 amide bonds. The van der Waals surface area contributed by atoms with Crippen molar-refractivity contribution in [3.05, 3.63) is 33.3 Å². The first-order valence-corrected chi connectivity index (χ1v) is 6.31. The Labute approximate surface area is 105 Å². The minimum absolute atomic E-state index is 0.369. The van der Waals surface area contributed by atoms with E-state index >= 15 is 0 Å². The lowest BCUT2D eigenvalue weighted by Crippen LogP contribution is -2.39. The predicted molar refractivity (Wildman–Crippen MR) is 70.1 cm³/mol. The van der Waals surface area contributed by atoms with Crippen LogP contribution in [0.3, 0.4) is 0 Å². The largest absolute Gasteiger partial charge is 0.321 e. The van der Waals surface area contributed by atoms with Crippen molar-refractivity contribution in [3.63, 3.8) is 0 Å². The molecule has 0 aliphatic heterocycles. The standard InChI is InChI=1S/C12H17BrClN/c1-4-8(2)12(3,15)10-6-5-9(13)7-11(10)14/h5-8H,4,15H2,1-3H3. The molecule has 84 valence electrons. The quantitative estimate of drug-likeness (QED) is 0.881. The number of benzene rings is 1. The number of hydrogen-bond acceptors (Lipinski definition) is 1. The molecule has 0 aliphatic carbocycles. The third-order valence-electron chi connectivity index (χ3n) is 3.15. The van der Waals surface area contributed by atoms with E-state index in [1.165, 1.54) is 0 Å². The highest BCUT2D eigenvalue weighted by Crippen LogP contribution is 2.34. The average molecular weight is 291 g/mol.